The number of nitrogens with zero attached hydrogens (tertiary/aromatic N) is 2. The number of anilines is 1. The smallest absolute Gasteiger partial charge is 0.264 e. The molecule has 242 valence electrons. The maximum atomic E-state index is 15.1. The number of hydrogen-bond acceptors (Lipinski definition) is 5. The zero-order valence-electron chi connectivity index (χ0n) is 26.5. The molecule has 0 aliphatic rings. The second kappa shape index (κ2) is 15.5. The van der Waals surface area contributed by atoms with Gasteiger partial charge in [0.05, 0.1) is 17.7 Å². The number of nitrogens with one attached hydrogen (secondary N) is 1. The van der Waals surface area contributed by atoms with E-state index in [9.17, 15) is 18.0 Å². The summed E-state index contributed by atoms with van der Waals surface area (Å²) in [5.74, 6) is -1.28. The van der Waals surface area contributed by atoms with Crippen LogP contribution in [0.1, 0.15) is 30.5 Å². The summed E-state index contributed by atoms with van der Waals surface area (Å²) in [4.78, 5) is 29.6. The fraction of sp³-hybridized carbons (Fsp3) is 0.278. The van der Waals surface area contributed by atoms with Gasteiger partial charge in [-0.2, -0.15) is 0 Å². The van der Waals surface area contributed by atoms with Crippen LogP contribution in [0, 0.1) is 18.7 Å². The summed E-state index contributed by atoms with van der Waals surface area (Å²) in [6.45, 7) is 5.14. The van der Waals surface area contributed by atoms with Gasteiger partial charge in [0, 0.05) is 25.1 Å². The van der Waals surface area contributed by atoms with Gasteiger partial charge in [0.25, 0.3) is 10.0 Å². The number of methoxy groups -OCH3 is 1. The first-order valence-electron chi connectivity index (χ1n) is 15.1. The third kappa shape index (κ3) is 8.51. The summed E-state index contributed by atoms with van der Waals surface area (Å²) >= 11 is 0. The Morgan fingerprint density at radius 2 is 1.52 bits per heavy atom. The molecular weight excluding hydrogens is 605 g/mol. The molecule has 10 heteroatoms. The van der Waals surface area contributed by atoms with Crippen LogP contribution in [0.25, 0.3) is 0 Å². The predicted octanol–water partition coefficient (Wildman–Crippen LogP) is 5.75. The lowest BCUT2D eigenvalue weighted by Crippen LogP contribution is -2.54. The number of aryl methyl sites for hydroxylation is 1. The van der Waals surface area contributed by atoms with Crippen molar-refractivity contribution in [3.63, 3.8) is 0 Å². The molecule has 0 bridgehead atoms. The lowest BCUT2D eigenvalue weighted by Gasteiger charge is -2.34. The number of benzene rings is 4. The van der Waals surface area contributed by atoms with Crippen LogP contribution in [-0.2, 0) is 32.6 Å². The van der Waals surface area contributed by atoms with Crippen LogP contribution >= 0.6 is 0 Å². The third-order valence-corrected chi connectivity index (χ3v) is 9.24. The normalized spacial score (nSPS) is 12.0. The van der Waals surface area contributed by atoms with Gasteiger partial charge in [0.1, 0.15) is 24.2 Å². The summed E-state index contributed by atoms with van der Waals surface area (Å²) in [6.07, 6.45) is 0.129. The van der Waals surface area contributed by atoms with Crippen molar-refractivity contribution in [3.8, 4) is 5.75 Å². The first-order valence-corrected chi connectivity index (χ1v) is 16.5. The van der Waals surface area contributed by atoms with Crippen molar-refractivity contribution in [1.82, 2.24) is 10.2 Å². The van der Waals surface area contributed by atoms with Crippen molar-refractivity contribution in [2.45, 2.75) is 44.7 Å². The molecule has 4 rings (SSSR count). The molecule has 1 N–H and O–H groups in total. The average Bonchev–Trinajstić information content (AvgIpc) is 3.05. The maximum Gasteiger partial charge on any atom is 0.264 e. The van der Waals surface area contributed by atoms with E-state index in [1.54, 1.807) is 61.5 Å². The van der Waals surface area contributed by atoms with Crippen LogP contribution in [0.15, 0.2) is 108 Å². The number of ether oxygens (including phenoxy) is 1. The summed E-state index contributed by atoms with van der Waals surface area (Å²) in [5, 5.41) is 2.93. The SMILES string of the molecule is COc1ccc(C)cc1N(CC(=O)N(Cc1ccccc1F)[C@H](Cc1ccccc1)C(=O)NCC(C)C)S(=O)(=O)c1ccccc1. The number of carbonyl (C=O) groups excluding carboxylic acids is 2. The maximum absolute atomic E-state index is 15.1. The van der Waals surface area contributed by atoms with E-state index in [1.807, 2.05) is 44.2 Å². The lowest BCUT2D eigenvalue weighted by atomic mass is 10.0. The van der Waals surface area contributed by atoms with Gasteiger partial charge in [0.2, 0.25) is 11.8 Å². The quantitative estimate of drug-likeness (QED) is 0.189. The molecule has 0 saturated heterocycles. The van der Waals surface area contributed by atoms with E-state index in [0.29, 0.717) is 6.54 Å². The highest BCUT2D eigenvalue weighted by Crippen LogP contribution is 2.34. The Kier molecular flexibility index (Phi) is 11.5. The van der Waals surface area contributed by atoms with Crippen molar-refractivity contribution in [2.24, 2.45) is 5.92 Å². The standard InChI is InChI=1S/C36H40FN3O5S/c1-26(2)23-38-36(42)33(22-28-13-7-5-8-14-28)39(24-29-15-11-12-18-31(29)37)35(41)25-40(32-21-27(3)19-20-34(32)45-4)46(43,44)30-16-9-6-10-17-30/h5-21,26,33H,22-25H2,1-4H3,(H,38,42)/t33-/m1/s1. The number of sulfonamides is 1. The number of hydrogen-bond donors (Lipinski definition) is 1. The molecule has 46 heavy (non-hydrogen) atoms. The molecule has 0 aromatic heterocycles. The highest BCUT2D eigenvalue weighted by atomic mass is 32.2. The molecule has 0 heterocycles. The Balaban J connectivity index is 1.85. The van der Waals surface area contributed by atoms with E-state index in [4.69, 9.17) is 4.74 Å². The Hall–Kier alpha value is -4.70. The van der Waals surface area contributed by atoms with E-state index >= 15 is 4.39 Å². The van der Waals surface area contributed by atoms with E-state index in [2.05, 4.69) is 5.32 Å². The number of rotatable bonds is 14. The van der Waals surface area contributed by atoms with Crippen molar-refractivity contribution < 1.29 is 27.1 Å². The second-order valence-electron chi connectivity index (χ2n) is 11.5. The van der Waals surface area contributed by atoms with Gasteiger partial charge in [0.15, 0.2) is 0 Å². The molecule has 4 aromatic carbocycles. The topological polar surface area (TPSA) is 96.0 Å². The van der Waals surface area contributed by atoms with Crippen LogP contribution in [0.3, 0.4) is 0 Å². The Morgan fingerprint density at radius 3 is 2.15 bits per heavy atom. The van der Waals surface area contributed by atoms with Gasteiger partial charge in [-0.25, -0.2) is 12.8 Å². The summed E-state index contributed by atoms with van der Waals surface area (Å²) in [5.41, 5.74) is 1.88. The van der Waals surface area contributed by atoms with Crippen molar-refractivity contribution in [3.05, 3.63) is 126 Å². The largest absolute Gasteiger partial charge is 0.495 e. The van der Waals surface area contributed by atoms with E-state index < -0.39 is 40.2 Å². The molecule has 1 atom stereocenters. The minimum absolute atomic E-state index is 0.0254. The summed E-state index contributed by atoms with van der Waals surface area (Å²) in [6, 6.07) is 27.0. The van der Waals surface area contributed by atoms with Crippen LogP contribution in [-0.4, -0.2) is 51.4 Å². The van der Waals surface area contributed by atoms with Gasteiger partial charge in [-0.15, -0.1) is 0 Å². The van der Waals surface area contributed by atoms with Crippen molar-refractivity contribution in [1.29, 1.82) is 0 Å². The Morgan fingerprint density at radius 1 is 0.891 bits per heavy atom. The van der Waals surface area contributed by atoms with Crippen LogP contribution in [0.2, 0.25) is 0 Å². The Bertz CT molecular complexity index is 1730. The molecule has 0 saturated carbocycles. The lowest BCUT2D eigenvalue weighted by molar-refractivity contribution is -0.140. The van der Waals surface area contributed by atoms with E-state index in [0.717, 1.165) is 15.4 Å². The van der Waals surface area contributed by atoms with Gasteiger partial charge < -0.3 is 15.0 Å². The molecule has 0 unspecified atom stereocenters. The monoisotopic (exact) mass is 645 g/mol. The molecule has 4 aromatic rings. The van der Waals surface area contributed by atoms with Crippen LogP contribution in [0.5, 0.6) is 5.75 Å². The minimum atomic E-state index is -4.31. The highest BCUT2D eigenvalue weighted by molar-refractivity contribution is 7.92. The third-order valence-electron chi connectivity index (χ3n) is 7.47. The molecule has 2 amide bonds. The molecule has 0 aliphatic heterocycles. The van der Waals surface area contributed by atoms with Gasteiger partial charge in [-0.1, -0.05) is 86.6 Å². The minimum Gasteiger partial charge on any atom is -0.495 e. The van der Waals surface area contributed by atoms with Crippen molar-refractivity contribution >= 4 is 27.5 Å². The molecule has 0 spiro atoms. The number of halogens is 1. The fourth-order valence-electron chi connectivity index (χ4n) is 5.01. The summed E-state index contributed by atoms with van der Waals surface area (Å²) in [7, 11) is -2.89. The molecule has 0 aliphatic carbocycles. The molecular formula is C36H40FN3O5S. The zero-order valence-corrected chi connectivity index (χ0v) is 27.3. The van der Waals surface area contributed by atoms with E-state index in [1.165, 1.54) is 30.2 Å². The van der Waals surface area contributed by atoms with E-state index in [-0.39, 0.29) is 40.8 Å². The predicted molar refractivity (Wildman–Crippen MR) is 177 cm³/mol. The molecule has 0 fully saturated rings. The molecule has 8 nitrogen and oxygen atoms in total. The zero-order chi connectivity index (χ0) is 33.3. The second-order valence-corrected chi connectivity index (χ2v) is 13.3. The van der Waals surface area contributed by atoms with Crippen LogP contribution in [0.4, 0.5) is 10.1 Å². The highest BCUT2D eigenvalue weighted by Gasteiger charge is 2.36. The molecule has 0 radical (unpaired) electrons. The van der Waals surface area contributed by atoms with Gasteiger partial charge in [-0.05, 0) is 54.3 Å². The Labute approximate surface area is 270 Å². The average molecular weight is 646 g/mol. The van der Waals surface area contributed by atoms with Crippen molar-refractivity contribution in [2.75, 3.05) is 24.5 Å². The first kappa shape index (κ1) is 34.2. The van der Waals surface area contributed by atoms with Gasteiger partial charge in [-0.3, -0.25) is 13.9 Å². The number of carbonyl (C=O) groups is 2. The fourth-order valence-corrected chi connectivity index (χ4v) is 6.45. The first-order chi connectivity index (χ1) is 22.0. The number of amides is 2. The van der Waals surface area contributed by atoms with Crippen LogP contribution < -0.4 is 14.4 Å². The summed E-state index contributed by atoms with van der Waals surface area (Å²) < 4.78 is 50.0. The van der Waals surface area contributed by atoms with Gasteiger partial charge >= 0.3 is 0 Å².